The van der Waals surface area contributed by atoms with Gasteiger partial charge in [0.15, 0.2) is 5.82 Å². The van der Waals surface area contributed by atoms with Gasteiger partial charge in [0.2, 0.25) is 5.91 Å². The highest BCUT2D eigenvalue weighted by Crippen LogP contribution is 2.43. The van der Waals surface area contributed by atoms with E-state index >= 15 is 0 Å². The van der Waals surface area contributed by atoms with Gasteiger partial charge in [-0.2, -0.15) is 10.4 Å². The first-order valence-electron chi connectivity index (χ1n) is 13.4. The summed E-state index contributed by atoms with van der Waals surface area (Å²) in [6.45, 7) is 2.83. The first-order chi connectivity index (χ1) is 19.1. The van der Waals surface area contributed by atoms with Crippen LogP contribution in [0.5, 0.6) is 0 Å². The average molecular weight is 570 g/mol. The van der Waals surface area contributed by atoms with Gasteiger partial charge in [-0.25, -0.2) is 18.4 Å². The Labute approximate surface area is 232 Å². The number of alkyl halides is 1. The number of carbonyl (C=O) groups excluding carboxylic acids is 1. The topological polar surface area (TPSA) is 131 Å². The van der Waals surface area contributed by atoms with Gasteiger partial charge in [-0.15, -0.1) is 10.1 Å². The van der Waals surface area contributed by atoms with E-state index in [4.69, 9.17) is 9.88 Å². The molecule has 3 heterocycles. The molecule has 1 aromatic carbocycles. The largest absolute Gasteiger partial charge is 0.370 e. The SMILES string of the molecule is C[C@@H](C#N)NC(=O)[C@@H]1C[C@@H](F)CC[C@H]1c1nn(-c2ccc(F)cn2)cc1-c1ccc(N2CC[SH](=N)(O)CC2)cc1. The van der Waals surface area contributed by atoms with Gasteiger partial charge in [-0.1, -0.05) is 12.1 Å². The third kappa shape index (κ3) is 6.05. The van der Waals surface area contributed by atoms with Crippen LogP contribution in [0.2, 0.25) is 0 Å². The highest BCUT2D eigenvalue weighted by atomic mass is 32.3. The summed E-state index contributed by atoms with van der Waals surface area (Å²) in [6.07, 6.45) is 2.52. The molecule has 5 rings (SSSR count). The zero-order valence-corrected chi connectivity index (χ0v) is 23.1. The normalized spacial score (nSPS) is 24.1. The van der Waals surface area contributed by atoms with Gasteiger partial charge < -0.3 is 14.8 Å². The minimum atomic E-state index is -2.54. The second kappa shape index (κ2) is 11.4. The van der Waals surface area contributed by atoms with E-state index in [1.165, 1.54) is 12.1 Å². The van der Waals surface area contributed by atoms with E-state index in [0.717, 1.165) is 23.0 Å². The number of hydrogen-bond acceptors (Lipinski definition) is 6. The van der Waals surface area contributed by atoms with Gasteiger partial charge >= 0.3 is 0 Å². The van der Waals surface area contributed by atoms with Gasteiger partial charge in [-0.3, -0.25) is 9.57 Å². The molecule has 3 N–H and O–H groups in total. The number of thiol groups is 1. The van der Waals surface area contributed by atoms with Gasteiger partial charge in [0, 0.05) is 53.9 Å². The molecule has 1 aliphatic heterocycles. The maximum atomic E-state index is 14.6. The number of anilines is 1. The minimum absolute atomic E-state index is 0.0364. The van der Waals surface area contributed by atoms with Crippen molar-refractivity contribution in [1.82, 2.24) is 20.1 Å². The Kier molecular flexibility index (Phi) is 7.96. The van der Waals surface area contributed by atoms with Crippen LogP contribution in [-0.2, 0) is 14.9 Å². The fourth-order valence-corrected chi connectivity index (χ4v) is 6.87. The molecule has 2 aromatic heterocycles. The fraction of sp³-hybridized carbons (Fsp3) is 0.429. The molecule has 0 bridgehead atoms. The molecule has 0 spiro atoms. The van der Waals surface area contributed by atoms with Crippen LogP contribution in [0.4, 0.5) is 14.5 Å². The predicted octanol–water partition coefficient (Wildman–Crippen LogP) is 4.27. The number of carbonyl (C=O) groups is 1. The van der Waals surface area contributed by atoms with Gasteiger partial charge in [0.1, 0.15) is 18.0 Å². The molecule has 0 unspecified atom stereocenters. The van der Waals surface area contributed by atoms with Crippen LogP contribution >= 0.6 is 0 Å². The first kappa shape index (κ1) is 27.9. The average Bonchev–Trinajstić information content (AvgIpc) is 3.38. The Morgan fingerprint density at radius 1 is 1.23 bits per heavy atom. The molecule has 1 saturated carbocycles. The molecular formula is C28H33F2N7O2S. The molecule has 3 aromatic rings. The van der Waals surface area contributed by atoms with Crippen LogP contribution < -0.4 is 10.2 Å². The van der Waals surface area contributed by atoms with Crippen LogP contribution in [0.15, 0.2) is 48.8 Å². The lowest BCUT2D eigenvalue weighted by Gasteiger charge is -2.36. The zero-order valence-electron chi connectivity index (χ0n) is 22.2. The molecule has 2 aliphatic rings. The second-order valence-electron chi connectivity index (χ2n) is 10.6. The Bertz CT molecular complexity index is 1440. The number of hydrogen-bond donors (Lipinski definition) is 4. The minimum Gasteiger partial charge on any atom is -0.370 e. The van der Waals surface area contributed by atoms with Gasteiger partial charge in [-0.05, 0) is 56.0 Å². The maximum Gasteiger partial charge on any atom is 0.224 e. The van der Waals surface area contributed by atoms with Crippen LogP contribution in [0.3, 0.4) is 0 Å². The molecule has 40 heavy (non-hydrogen) atoms. The van der Waals surface area contributed by atoms with Crippen LogP contribution in [-0.4, -0.2) is 62.0 Å². The Morgan fingerprint density at radius 3 is 2.60 bits per heavy atom. The Morgan fingerprint density at radius 2 is 1.95 bits per heavy atom. The van der Waals surface area contributed by atoms with Crippen molar-refractivity contribution in [3.8, 4) is 23.0 Å². The highest BCUT2D eigenvalue weighted by Gasteiger charge is 2.39. The number of amides is 1. The monoisotopic (exact) mass is 569 g/mol. The lowest BCUT2D eigenvalue weighted by molar-refractivity contribution is -0.127. The summed E-state index contributed by atoms with van der Waals surface area (Å²) < 4.78 is 47.7. The van der Waals surface area contributed by atoms with Crippen molar-refractivity contribution in [2.45, 2.75) is 44.3 Å². The maximum absolute atomic E-state index is 14.6. The van der Waals surface area contributed by atoms with Gasteiger partial charge in [0.25, 0.3) is 0 Å². The van der Waals surface area contributed by atoms with Gasteiger partial charge in [0.05, 0.1) is 18.0 Å². The number of nitrogens with zero attached hydrogens (tertiary/aromatic N) is 5. The van der Waals surface area contributed by atoms with Crippen molar-refractivity contribution >= 4 is 21.7 Å². The van der Waals surface area contributed by atoms with E-state index in [-0.39, 0.29) is 12.3 Å². The first-order valence-corrected chi connectivity index (χ1v) is 15.5. The summed E-state index contributed by atoms with van der Waals surface area (Å²) in [4.78, 5) is 19.5. The molecular weight excluding hydrogens is 536 g/mol. The summed E-state index contributed by atoms with van der Waals surface area (Å²) in [5, 5.41) is 16.7. The number of benzene rings is 1. The number of halogens is 2. The lowest BCUT2D eigenvalue weighted by atomic mass is 9.74. The van der Waals surface area contributed by atoms with E-state index < -0.39 is 40.0 Å². The molecule has 1 aliphatic carbocycles. The number of aromatic nitrogens is 3. The predicted molar refractivity (Wildman–Crippen MR) is 151 cm³/mol. The van der Waals surface area contributed by atoms with Crippen molar-refractivity contribution in [3.63, 3.8) is 0 Å². The summed E-state index contributed by atoms with van der Waals surface area (Å²) in [5.74, 6) is -0.594. The van der Waals surface area contributed by atoms with Crippen LogP contribution in [0, 0.1) is 27.8 Å². The quantitative estimate of drug-likeness (QED) is 0.328. The van der Waals surface area contributed by atoms with Crippen LogP contribution in [0.1, 0.15) is 37.8 Å². The number of nitriles is 1. The standard InChI is InChI=1S/C28H33F2N7O2S/c1-18(15-31)34-28(38)24-14-20(29)4-8-23(24)27-25(17-37(35-27)26-9-5-21(30)16-33-26)19-2-6-22(7-3-19)36-10-12-40(32,39)13-11-36/h2-3,5-7,9,16-18,20,23-24,40H,4,8,10-14H2,1H3,(H2,32,39)(H,34,38)/t18-,20-,23+,24+/m0/s1. The molecule has 12 heteroatoms. The molecule has 1 amide bonds. The van der Waals surface area contributed by atoms with Crippen molar-refractivity contribution < 1.29 is 18.1 Å². The second-order valence-corrected chi connectivity index (χ2v) is 13.3. The van der Waals surface area contributed by atoms with Crippen molar-refractivity contribution in [2.24, 2.45) is 5.92 Å². The summed E-state index contributed by atoms with van der Waals surface area (Å²) in [6, 6.07) is 12.0. The Hall–Kier alpha value is -3.69. The number of rotatable bonds is 6. The van der Waals surface area contributed by atoms with E-state index in [1.54, 1.807) is 17.8 Å². The van der Waals surface area contributed by atoms with Crippen molar-refractivity contribution in [3.05, 3.63) is 60.3 Å². The summed E-state index contributed by atoms with van der Waals surface area (Å²) in [5.41, 5.74) is 3.22. The number of pyridine rings is 1. The molecule has 1 saturated heterocycles. The van der Waals surface area contributed by atoms with Crippen molar-refractivity contribution in [2.75, 3.05) is 29.5 Å². The lowest BCUT2D eigenvalue weighted by Crippen LogP contribution is -2.42. The molecule has 4 atom stereocenters. The molecule has 212 valence electrons. The van der Waals surface area contributed by atoms with Crippen molar-refractivity contribution in [1.29, 1.82) is 10.0 Å². The third-order valence-electron chi connectivity index (χ3n) is 7.74. The number of nitrogens with one attached hydrogen (secondary N) is 2. The fourth-order valence-electron chi connectivity index (χ4n) is 5.50. The summed E-state index contributed by atoms with van der Waals surface area (Å²) >= 11 is 0. The molecule has 2 fully saturated rings. The summed E-state index contributed by atoms with van der Waals surface area (Å²) in [7, 11) is -2.54. The smallest absolute Gasteiger partial charge is 0.224 e. The van der Waals surface area contributed by atoms with E-state index in [9.17, 15) is 23.4 Å². The third-order valence-corrected chi connectivity index (χ3v) is 9.62. The molecule has 9 nitrogen and oxygen atoms in total. The molecule has 0 radical (unpaired) electrons. The van der Waals surface area contributed by atoms with E-state index in [2.05, 4.69) is 15.2 Å². The highest BCUT2D eigenvalue weighted by molar-refractivity contribution is 7.98. The van der Waals surface area contributed by atoms with E-state index in [1.807, 2.05) is 30.3 Å². The van der Waals surface area contributed by atoms with E-state index in [0.29, 0.717) is 48.9 Å². The van der Waals surface area contributed by atoms with Crippen LogP contribution in [0.25, 0.3) is 16.9 Å². The zero-order chi connectivity index (χ0) is 28.4. The Balaban J connectivity index is 1.51.